The third kappa shape index (κ3) is 4.04. The van der Waals surface area contributed by atoms with Crippen molar-refractivity contribution < 1.29 is 9.21 Å². The monoisotopic (exact) mass is 329 g/mol. The number of nitrogens with zero attached hydrogens (tertiary/aromatic N) is 3. The van der Waals surface area contributed by atoms with Crippen molar-refractivity contribution in [3.8, 4) is 11.6 Å². The quantitative estimate of drug-likeness (QED) is 0.767. The number of pyridine rings is 1. The number of aromatic nitrogens is 3. The van der Waals surface area contributed by atoms with Gasteiger partial charge in [-0.15, -0.1) is 10.2 Å². The minimum atomic E-state index is -0.384. The highest BCUT2D eigenvalue weighted by atomic mass is 35.5. The van der Waals surface area contributed by atoms with Gasteiger partial charge in [0.1, 0.15) is 5.69 Å². The largest absolute Gasteiger partial charge is 0.417 e. The first-order valence-corrected chi connectivity index (χ1v) is 7.13. The third-order valence-electron chi connectivity index (χ3n) is 2.85. The molecule has 0 spiro atoms. The van der Waals surface area contributed by atoms with Crippen LogP contribution in [-0.2, 0) is 6.54 Å². The number of halogens is 1. The molecule has 0 saturated carbocycles. The number of hydrogen-bond acceptors (Lipinski definition) is 5. The first kappa shape index (κ1) is 15.0. The zero-order valence-electron chi connectivity index (χ0n) is 11.9. The summed E-state index contributed by atoms with van der Waals surface area (Å²) in [6, 6.07) is 11.8. The van der Waals surface area contributed by atoms with Crippen LogP contribution in [0.1, 0.15) is 5.89 Å². The Morgan fingerprint density at radius 3 is 2.70 bits per heavy atom. The average molecular weight is 330 g/mol. The van der Waals surface area contributed by atoms with Crippen molar-refractivity contribution in [2.24, 2.45) is 0 Å². The van der Waals surface area contributed by atoms with Crippen molar-refractivity contribution in [1.82, 2.24) is 20.5 Å². The molecule has 0 aliphatic heterocycles. The van der Waals surface area contributed by atoms with Crippen molar-refractivity contribution in [2.45, 2.75) is 6.54 Å². The second kappa shape index (κ2) is 6.89. The molecule has 0 unspecified atom stereocenters. The molecule has 1 aromatic carbocycles. The standard InChI is InChI=1S/C15H12ClN5O2/c16-10-4-6-11(7-5-10)19-15(22)18-9-13-20-21-14(23-13)12-3-1-2-8-17-12/h1-8H,9H2,(H2,18,19,22). The Hall–Kier alpha value is -2.93. The summed E-state index contributed by atoms with van der Waals surface area (Å²) < 4.78 is 5.44. The summed E-state index contributed by atoms with van der Waals surface area (Å²) in [5.41, 5.74) is 1.21. The zero-order valence-corrected chi connectivity index (χ0v) is 12.6. The Kier molecular flexibility index (Phi) is 4.49. The van der Waals surface area contributed by atoms with Crippen LogP contribution in [0.3, 0.4) is 0 Å². The Bertz CT molecular complexity index is 789. The number of hydrogen-bond donors (Lipinski definition) is 2. The fourth-order valence-electron chi connectivity index (χ4n) is 1.78. The molecule has 2 amide bonds. The Labute approximate surface area is 136 Å². The molecule has 23 heavy (non-hydrogen) atoms. The first-order valence-electron chi connectivity index (χ1n) is 6.75. The molecular formula is C15H12ClN5O2. The lowest BCUT2D eigenvalue weighted by Gasteiger charge is -2.05. The van der Waals surface area contributed by atoms with E-state index in [0.29, 0.717) is 22.3 Å². The van der Waals surface area contributed by atoms with Crippen LogP contribution < -0.4 is 10.6 Å². The van der Waals surface area contributed by atoms with Crippen LogP contribution in [0.25, 0.3) is 11.6 Å². The predicted octanol–water partition coefficient (Wildman–Crippen LogP) is 3.11. The summed E-state index contributed by atoms with van der Waals surface area (Å²) in [6.45, 7) is 0.110. The summed E-state index contributed by atoms with van der Waals surface area (Å²) in [5.74, 6) is 0.595. The lowest BCUT2D eigenvalue weighted by atomic mass is 10.3. The Morgan fingerprint density at radius 2 is 1.96 bits per heavy atom. The number of nitrogens with one attached hydrogen (secondary N) is 2. The highest BCUT2D eigenvalue weighted by Gasteiger charge is 2.10. The SMILES string of the molecule is O=C(NCc1nnc(-c2ccccn2)o1)Nc1ccc(Cl)cc1. The minimum absolute atomic E-state index is 0.110. The van der Waals surface area contributed by atoms with E-state index in [2.05, 4.69) is 25.8 Å². The van der Waals surface area contributed by atoms with Crippen LogP contribution in [0.5, 0.6) is 0 Å². The first-order chi connectivity index (χ1) is 11.2. The highest BCUT2D eigenvalue weighted by molar-refractivity contribution is 6.30. The molecule has 2 aromatic heterocycles. The summed E-state index contributed by atoms with van der Waals surface area (Å²) >= 11 is 5.78. The molecule has 0 radical (unpaired) electrons. The van der Waals surface area contributed by atoms with Gasteiger partial charge < -0.3 is 15.1 Å². The Balaban J connectivity index is 1.55. The topological polar surface area (TPSA) is 92.9 Å². The molecule has 7 nitrogen and oxygen atoms in total. The minimum Gasteiger partial charge on any atom is -0.417 e. The molecule has 0 aliphatic carbocycles. The molecule has 3 aromatic rings. The Morgan fingerprint density at radius 1 is 1.13 bits per heavy atom. The van der Waals surface area contributed by atoms with E-state index in [1.54, 1.807) is 42.6 Å². The average Bonchev–Trinajstić information content (AvgIpc) is 3.05. The molecule has 116 valence electrons. The van der Waals surface area contributed by atoms with Crippen LogP contribution in [0.15, 0.2) is 53.1 Å². The van der Waals surface area contributed by atoms with Gasteiger partial charge in [0.2, 0.25) is 5.89 Å². The molecule has 2 heterocycles. The zero-order chi connectivity index (χ0) is 16.1. The van der Waals surface area contributed by atoms with E-state index in [0.717, 1.165) is 0 Å². The molecule has 0 fully saturated rings. The molecule has 3 rings (SSSR count). The number of carbonyl (C=O) groups excluding carboxylic acids is 1. The van der Waals surface area contributed by atoms with E-state index >= 15 is 0 Å². The number of carbonyl (C=O) groups is 1. The normalized spacial score (nSPS) is 10.3. The van der Waals surface area contributed by atoms with E-state index in [9.17, 15) is 4.79 Å². The van der Waals surface area contributed by atoms with E-state index < -0.39 is 0 Å². The van der Waals surface area contributed by atoms with Gasteiger partial charge in [-0.1, -0.05) is 17.7 Å². The van der Waals surface area contributed by atoms with E-state index in [4.69, 9.17) is 16.0 Å². The molecule has 0 aliphatic rings. The van der Waals surface area contributed by atoms with Crippen LogP contribution in [0.2, 0.25) is 5.02 Å². The van der Waals surface area contributed by atoms with Gasteiger partial charge in [0.15, 0.2) is 0 Å². The number of amides is 2. The molecule has 0 atom stereocenters. The van der Waals surface area contributed by atoms with Crippen molar-refractivity contribution in [3.05, 3.63) is 59.6 Å². The van der Waals surface area contributed by atoms with Gasteiger partial charge in [0.25, 0.3) is 5.89 Å². The van der Waals surface area contributed by atoms with Gasteiger partial charge in [-0.05, 0) is 36.4 Å². The maximum Gasteiger partial charge on any atom is 0.319 e. The van der Waals surface area contributed by atoms with Gasteiger partial charge in [-0.3, -0.25) is 4.98 Å². The van der Waals surface area contributed by atoms with Crippen LogP contribution in [0.4, 0.5) is 10.5 Å². The summed E-state index contributed by atoms with van der Waals surface area (Å²) in [4.78, 5) is 15.9. The second-order valence-electron chi connectivity index (χ2n) is 4.53. The maximum atomic E-state index is 11.8. The lowest BCUT2D eigenvalue weighted by Crippen LogP contribution is -2.28. The van der Waals surface area contributed by atoms with E-state index in [1.807, 2.05) is 6.07 Å². The van der Waals surface area contributed by atoms with Crippen molar-refractivity contribution in [1.29, 1.82) is 0 Å². The van der Waals surface area contributed by atoms with Crippen molar-refractivity contribution in [3.63, 3.8) is 0 Å². The van der Waals surface area contributed by atoms with E-state index in [1.165, 1.54) is 0 Å². The lowest BCUT2D eigenvalue weighted by molar-refractivity contribution is 0.250. The smallest absolute Gasteiger partial charge is 0.319 e. The van der Waals surface area contributed by atoms with Crippen LogP contribution >= 0.6 is 11.6 Å². The number of urea groups is 1. The van der Waals surface area contributed by atoms with Crippen molar-refractivity contribution in [2.75, 3.05) is 5.32 Å². The van der Waals surface area contributed by atoms with Gasteiger partial charge in [0.05, 0.1) is 6.54 Å². The fourth-order valence-corrected chi connectivity index (χ4v) is 1.91. The van der Waals surface area contributed by atoms with Crippen LogP contribution in [-0.4, -0.2) is 21.2 Å². The fraction of sp³-hybridized carbons (Fsp3) is 0.0667. The number of anilines is 1. The van der Waals surface area contributed by atoms with Gasteiger partial charge in [-0.2, -0.15) is 0 Å². The van der Waals surface area contributed by atoms with Crippen molar-refractivity contribution >= 4 is 23.3 Å². The summed E-state index contributed by atoms with van der Waals surface area (Å²) in [5, 5.41) is 13.7. The van der Waals surface area contributed by atoms with E-state index in [-0.39, 0.29) is 18.5 Å². The number of rotatable bonds is 4. The highest BCUT2D eigenvalue weighted by Crippen LogP contribution is 2.15. The molecular weight excluding hydrogens is 318 g/mol. The summed E-state index contributed by atoms with van der Waals surface area (Å²) in [6.07, 6.45) is 1.64. The van der Waals surface area contributed by atoms with Gasteiger partial charge >= 0.3 is 6.03 Å². The third-order valence-corrected chi connectivity index (χ3v) is 3.11. The summed E-state index contributed by atoms with van der Waals surface area (Å²) in [7, 11) is 0. The van der Waals surface area contributed by atoms with Gasteiger partial charge in [0, 0.05) is 16.9 Å². The molecule has 8 heteroatoms. The van der Waals surface area contributed by atoms with Gasteiger partial charge in [-0.25, -0.2) is 4.79 Å². The molecule has 2 N–H and O–H groups in total. The van der Waals surface area contributed by atoms with Crippen LogP contribution in [0, 0.1) is 0 Å². The predicted molar refractivity (Wildman–Crippen MR) is 84.8 cm³/mol. The maximum absolute atomic E-state index is 11.8. The number of benzene rings is 1. The molecule has 0 saturated heterocycles. The molecule has 0 bridgehead atoms. The second-order valence-corrected chi connectivity index (χ2v) is 4.97.